The van der Waals surface area contributed by atoms with Gasteiger partial charge in [-0.2, -0.15) is 0 Å². The number of rotatable bonds is 5. The zero-order valence-corrected chi connectivity index (χ0v) is 10.3. The molecule has 1 atom stereocenters. The molecule has 0 aliphatic carbocycles. The summed E-state index contributed by atoms with van der Waals surface area (Å²) in [5.74, 6) is -0.475. The van der Waals surface area contributed by atoms with Crippen LogP contribution in [0.25, 0.3) is 11.0 Å². The molecule has 2 rings (SSSR count). The van der Waals surface area contributed by atoms with Crippen molar-refractivity contribution in [2.75, 3.05) is 6.54 Å². The molecule has 96 valence electrons. The summed E-state index contributed by atoms with van der Waals surface area (Å²) in [6.07, 6.45) is 1.51. The topological polar surface area (TPSA) is 56.2 Å². The smallest absolute Gasteiger partial charge is 0.200 e. The SMILES string of the molecule is CC(CCCN)C(=O)c1cc2cccc(F)c2o1. The lowest BCUT2D eigenvalue weighted by Gasteiger charge is -2.06. The number of halogens is 1. The Morgan fingerprint density at radius 2 is 2.28 bits per heavy atom. The molecule has 1 unspecified atom stereocenters. The molecule has 0 spiro atoms. The molecule has 0 bridgehead atoms. The monoisotopic (exact) mass is 249 g/mol. The van der Waals surface area contributed by atoms with Crippen LogP contribution in [0, 0.1) is 11.7 Å². The van der Waals surface area contributed by atoms with Gasteiger partial charge in [0, 0.05) is 11.3 Å². The first-order chi connectivity index (χ1) is 8.63. The summed E-state index contributed by atoms with van der Waals surface area (Å²) < 4.78 is 18.8. The number of fused-ring (bicyclic) bond motifs is 1. The molecule has 0 radical (unpaired) electrons. The number of para-hydroxylation sites is 1. The maximum Gasteiger partial charge on any atom is 0.200 e. The number of furan rings is 1. The second-order valence-corrected chi connectivity index (χ2v) is 4.47. The van der Waals surface area contributed by atoms with Gasteiger partial charge in [0.05, 0.1) is 0 Å². The fourth-order valence-electron chi connectivity index (χ4n) is 1.95. The van der Waals surface area contributed by atoms with Crippen molar-refractivity contribution < 1.29 is 13.6 Å². The lowest BCUT2D eigenvalue weighted by atomic mass is 9.99. The van der Waals surface area contributed by atoms with E-state index in [0.29, 0.717) is 11.9 Å². The van der Waals surface area contributed by atoms with Crippen LogP contribution in [0.2, 0.25) is 0 Å². The van der Waals surface area contributed by atoms with Crippen molar-refractivity contribution >= 4 is 16.8 Å². The summed E-state index contributed by atoms with van der Waals surface area (Å²) in [6.45, 7) is 2.40. The van der Waals surface area contributed by atoms with Crippen LogP contribution in [0.15, 0.2) is 28.7 Å². The molecule has 0 aliphatic rings. The van der Waals surface area contributed by atoms with Crippen molar-refractivity contribution in [3.63, 3.8) is 0 Å². The van der Waals surface area contributed by atoms with Gasteiger partial charge in [-0.25, -0.2) is 4.39 Å². The summed E-state index contributed by atoms with van der Waals surface area (Å²) in [5.41, 5.74) is 5.56. The van der Waals surface area contributed by atoms with Crippen molar-refractivity contribution in [1.29, 1.82) is 0 Å². The Morgan fingerprint density at radius 1 is 1.50 bits per heavy atom. The van der Waals surface area contributed by atoms with Crippen LogP contribution >= 0.6 is 0 Å². The minimum atomic E-state index is -0.443. The van der Waals surface area contributed by atoms with Gasteiger partial charge >= 0.3 is 0 Å². The number of Topliss-reactive ketones (excluding diaryl/α,β-unsaturated/α-hetero) is 1. The van der Waals surface area contributed by atoms with Crippen LogP contribution in [0.4, 0.5) is 4.39 Å². The Labute approximate surface area is 105 Å². The Morgan fingerprint density at radius 3 is 2.94 bits per heavy atom. The molecule has 0 amide bonds. The lowest BCUT2D eigenvalue weighted by Crippen LogP contribution is -2.12. The van der Waals surface area contributed by atoms with Crippen LogP contribution in [0.3, 0.4) is 0 Å². The summed E-state index contributed by atoms with van der Waals surface area (Å²) in [4.78, 5) is 12.1. The minimum absolute atomic E-state index is 0.0981. The Kier molecular flexibility index (Phi) is 3.77. The quantitative estimate of drug-likeness (QED) is 0.828. The fourth-order valence-corrected chi connectivity index (χ4v) is 1.95. The highest BCUT2D eigenvalue weighted by atomic mass is 19.1. The average Bonchev–Trinajstić information content (AvgIpc) is 2.80. The van der Waals surface area contributed by atoms with Gasteiger partial charge in [-0.15, -0.1) is 0 Å². The van der Waals surface area contributed by atoms with Crippen LogP contribution in [0.5, 0.6) is 0 Å². The molecule has 0 saturated heterocycles. The molecule has 2 N–H and O–H groups in total. The molecule has 4 heteroatoms. The Bertz CT molecular complexity index is 562. The normalized spacial score (nSPS) is 12.8. The highest BCUT2D eigenvalue weighted by Gasteiger charge is 2.19. The van der Waals surface area contributed by atoms with Crippen molar-refractivity contribution in [2.45, 2.75) is 19.8 Å². The zero-order valence-electron chi connectivity index (χ0n) is 10.3. The molecule has 0 aliphatic heterocycles. The number of carbonyl (C=O) groups is 1. The maximum atomic E-state index is 13.4. The first kappa shape index (κ1) is 12.8. The fraction of sp³-hybridized carbons (Fsp3) is 0.357. The van der Waals surface area contributed by atoms with Gasteiger partial charge in [0.25, 0.3) is 0 Å². The molecule has 0 saturated carbocycles. The van der Waals surface area contributed by atoms with Gasteiger partial charge < -0.3 is 10.2 Å². The van der Waals surface area contributed by atoms with Crippen LogP contribution in [-0.2, 0) is 0 Å². The lowest BCUT2D eigenvalue weighted by molar-refractivity contribution is 0.0897. The van der Waals surface area contributed by atoms with Crippen molar-refractivity contribution in [1.82, 2.24) is 0 Å². The van der Waals surface area contributed by atoms with Crippen LogP contribution in [-0.4, -0.2) is 12.3 Å². The van der Waals surface area contributed by atoms with Crippen molar-refractivity contribution in [3.05, 3.63) is 35.8 Å². The van der Waals surface area contributed by atoms with E-state index in [1.54, 1.807) is 18.2 Å². The number of hydrogen-bond donors (Lipinski definition) is 1. The van der Waals surface area contributed by atoms with Gasteiger partial charge in [-0.3, -0.25) is 4.79 Å². The minimum Gasteiger partial charge on any atom is -0.450 e. The van der Waals surface area contributed by atoms with Crippen LogP contribution < -0.4 is 5.73 Å². The third-order valence-electron chi connectivity index (χ3n) is 3.03. The molecule has 0 fully saturated rings. The van der Waals surface area contributed by atoms with E-state index in [2.05, 4.69) is 0 Å². The summed E-state index contributed by atoms with van der Waals surface area (Å²) in [5, 5.41) is 0.615. The summed E-state index contributed by atoms with van der Waals surface area (Å²) in [6, 6.07) is 6.24. The largest absolute Gasteiger partial charge is 0.450 e. The van der Waals surface area contributed by atoms with E-state index in [9.17, 15) is 9.18 Å². The van der Waals surface area contributed by atoms with E-state index in [1.807, 2.05) is 6.92 Å². The predicted octanol–water partition coefficient (Wildman–Crippen LogP) is 3.13. The summed E-state index contributed by atoms with van der Waals surface area (Å²) in [7, 11) is 0. The molecule has 18 heavy (non-hydrogen) atoms. The zero-order chi connectivity index (χ0) is 13.1. The molecule has 3 nitrogen and oxygen atoms in total. The van der Waals surface area contributed by atoms with Crippen molar-refractivity contribution in [2.24, 2.45) is 11.7 Å². The van der Waals surface area contributed by atoms with E-state index in [1.165, 1.54) is 6.07 Å². The van der Waals surface area contributed by atoms with Gasteiger partial charge in [-0.1, -0.05) is 19.1 Å². The highest BCUT2D eigenvalue weighted by Crippen LogP contribution is 2.24. The van der Waals surface area contributed by atoms with E-state index in [4.69, 9.17) is 10.2 Å². The van der Waals surface area contributed by atoms with Crippen LogP contribution in [0.1, 0.15) is 30.3 Å². The molecule has 1 aromatic heterocycles. The number of carbonyl (C=O) groups excluding carboxylic acids is 1. The first-order valence-electron chi connectivity index (χ1n) is 6.06. The first-order valence-corrected chi connectivity index (χ1v) is 6.06. The Hall–Kier alpha value is -1.68. The van der Waals surface area contributed by atoms with Gasteiger partial charge in [0.15, 0.2) is 17.2 Å². The molecular weight excluding hydrogens is 233 g/mol. The maximum absolute atomic E-state index is 13.4. The second kappa shape index (κ2) is 5.31. The number of benzene rings is 1. The van der Waals surface area contributed by atoms with Crippen molar-refractivity contribution in [3.8, 4) is 0 Å². The predicted molar refractivity (Wildman–Crippen MR) is 68.0 cm³/mol. The standard InChI is InChI=1S/C14H16FNO2/c1-9(4-3-7-16)13(17)12-8-10-5-2-6-11(15)14(10)18-12/h2,5-6,8-9H,3-4,7,16H2,1H3. The van der Waals surface area contributed by atoms with E-state index >= 15 is 0 Å². The van der Waals surface area contributed by atoms with Gasteiger partial charge in [0.1, 0.15) is 0 Å². The molecule has 1 heterocycles. The van der Waals surface area contributed by atoms with E-state index in [0.717, 1.165) is 12.8 Å². The average molecular weight is 249 g/mol. The Balaban J connectivity index is 2.25. The molecule has 2 aromatic rings. The highest BCUT2D eigenvalue weighted by molar-refractivity contribution is 5.98. The summed E-state index contributed by atoms with van der Waals surface area (Å²) >= 11 is 0. The number of ketones is 1. The third-order valence-corrected chi connectivity index (χ3v) is 3.03. The second-order valence-electron chi connectivity index (χ2n) is 4.47. The van der Waals surface area contributed by atoms with Gasteiger partial charge in [0.2, 0.25) is 5.78 Å². The van der Waals surface area contributed by atoms with Gasteiger partial charge in [-0.05, 0) is 31.5 Å². The third kappa shape index (κ3) is 2.43. The molecule has 1 aromatic carbocycles. The van der Waals surface area contributed by atoms with E-state index in [-0.39, 0.29) is 23.0 Å². The molecular formula is C14H16FNO2. The number of hydrogen-bond acceptors (Lipinski definition) is 3. The van der Waals surface area contributed by atoms with E-state index < -0.39 is 5.82 Å². The number of nitrogens with two attached hydrogens (primary N) is 1.